The molecule has 0 aromatic heterocycles. The molecule has 0 bridgehead atoms. The summed E-state index contributed by atoms with van der Waals surface area (Å²) in [5.41, 5.74) is 1.75. The normalized spacial score (nSPS) is 18.5. The third kappa shape index (κ3) is 4.66. The largest absolute Gasteiger partial charge is 0.445 e. The highest BCUT2D eigenvalue weighted by Crippen LogP contribution is 2.16. The van der Waals surface area contributed by atoms with Crippen LogP contribution in [0.15, 0.2) is 34.7 Å². The van der Waals surface area contributed by atoms with Crippen molar-refractivity contribution in [1.82, 2.24) is 4.90 Å². The summed E-state index contributed by atoms with van der Waals surface area (Å²) in [5.74, 6) is 0. The first-order valence-electron chi connectivity index (χ1n) is 7.30. The summed E-state index contributed by atoms with van der Waals surface area (Å²) in [4.78, 5) is 13.6. The lowest BCUT2D eigenvalue weighted by molar-refractivity contribution is 0.105. The fourth-order valence-electron chi connectivity index (χ4n) is 1.94. The van der Waals surface area contributed by atoms with Crippen molar-refractivity contribution in [3.8, 4) is 0 Å². The lowest BCUT2D eigenvalue weighted by atomic mass is 10.2. The minimum absolute atomic E-state index is 0.260. The number of nitrogens with zero attached hydrogens (tertiary/aromatic N) is 2. The second-order valence-electron chi connectivity index (χ2n) is 6.23. The van der Waals surface area contributed by atoms with E-state index in [2.05, 4.69) is 4.40 Å². The van der Waals surface area contributed by atoms with Gasteiger partial charge in [-0.25, -0.2) is 9.00 Å². The Morgan fingerprint density at radius 1 is 1.32 bits per heavy atom. The van der Waals surface area contributed by atoms with Crippen LogP contribution in [0.4, 0.5) is 4.79 Å². The maximum atomic E-state index is 12.0. The van der Waals surface area contributed by atoms with Crippen LogP contribution in [-0.2, 0) is 22.3 Å². The van der Waals surface area contributed by atoms with E-state index in [0.717, 1.165) is 11.3 Å². The van der Waals surface area contributed by atoms with Crippen molar-refractivity contribution in [3.05, 3.63) is 35.9 Å². The Kier molecular flexibility index (Phi) is 5.34. The molecule has 1 aromatic rings. The molecule has 2 rings (SSSR count). The van der Waals surface area contributed by atoms with E-state index >= 15 is 0 Å². The fourth-order valence-corrected chi connectivity index (χ4v) is 2.59. The van der Waals surface area contributed by atoms with Crippen LogP contribution >= 0.6 is 0 Å². The Morgan fingerprint density at radius 2 is 2.00 bits per heavy atom. The van der Waals surface area contributed by atoms with Crippen LogP contribution in [0, 0.1) is 0 Å². The number of hydrogen-bond acceptors (Lipinski definition) is 3. The van der Waals surface area contributed by atoms with Crippen molar-refractivity contribution in [2.75, 3.05) is 13.1 Å². The second-order valence-corrected chi connectivity index (χ2v) is 8.14. The van der Waals surface area contributed by atoms with Crippen LogP contribution in [0.5, 0.6) is 0 Å². The number of benzene rings is 1. The molecule has 6 heteroatoms. The van der Waals surface area contributed by atoms with Crippen molar-refractivity contribution in [3.63, 3.8) is 0 Å². The number of carbonyl (C=O) groups is 1. The summed E-state index contributed by atoms with van der Waals surface area (Å²) >= 11 is 0. The zero-order chi connectivity index (χ0) is 16.2. The molecule has 120 valence electrons. The first kappa shape index (κ1) is 16.7. The van der Waals surface area contributed by atoms with E-state index in [4.69, 9.17) is 4.74 Å². The van der Waals surface area contributed by atoms with Gasteiger partial charge in [0.2, 0.25) is 0 Å². The van der Waals surface area contributed by atoms with E-state index in [9.17, 15) is 9.00 Å². The average Bonchev–Trinajstić information content (AvgIpc) is 2.93. The van der Waals surface area contributed by atoms with Gasteiger partial charge < -0.3 is 9.64 Å². The number of ether oxygens (including phenoxy) is 1. The third-order valence-corrected chi connectivity index (χ3v) is 4.71. The minimum atomic E-state index is -1.28. The van der Waals surface area contributed by atoms with E-state index in [1.54, 1.807) is 4.90 Å². The molecule has 1 aliphatic rings. The molecule has 1 heterocycles. The highest BCUT2D eigenvalue weighted by molar-refractivity contribution is 7.85. The number of hydrogen-bond donors (Lipinski definition) is 0. The Bertz CT molecular complexity index is 579. The van der Waals surface area contributed by atoms with Crippen molar-refractivity contribution in [2.45, 2.75) is 38.5 Å². The van der Waals surface area contributed by atoms with E-state index in [1.165, 1.54) is 0 Å². The number of amides is 1. The standard InChI is InChI=1S/C16H22N2O3S/c1-16(2,3)22(20)17-14-9-10-18(11-14)15(19)21-12-13-7-5-4-6-8-13/h4-8H,9-12H2,1-3H3/b17-14-. The first-order valence-corrected chi connectivity index (χ1v) is 8.41. The van der Waals surface area contributed by atoms with E-state index in [1.807, 2.05) is 51.1 Å². The summed E-state index contributed by atoms with van der Waals surface area (Å²) in [5, 5.41) is 0. The Balaban J connectivity index is 1.86. The molecule has 0 radical (unpaired) electrons. The summed E-state index contributed by atoms with van der Waals surface area (Å²) < 4.78 is 21.1. The van der Waals surface area contributed by atoms with Gasteiger partial charge in [-0.05, 0) is 26.3 Å². The van der Waals surface area contributed by atoms with Gasteiger partial charge in [0.25, 0.3) is 0 Å². The van der Waals surface area contributed by atoms with E-state index < -0.39 is 11.0 Å². The van der Waals surface area contributed by atoms with Crippen LogP contribution in [0.3, 0.4) is 0 Å². The SMILES string of the molecule is CC(C)(C)S(=O)/N=C1/CCN(C(=O)OCc2ccccc2)C1. The molecular weight excluding hydrogens is 300 g/mol. The van der Waals surface area contributed by atoms with Gasteiger partial charge in [-0.1, -0.05) is 30.3 Å². The van der Waals surface area contributed by atoms with Gasteiger partial charge in [0.15, 0.2) is 0 Å². The van der Waals surface area contributed by atoms with Crippen molar-refractivity contribution in [2.24, 2.45) is 4.40 Å². The number of likely N-dealkylation sites (tertiary alicyclic amines) is 1. The first-order chi connectivity index (χ1) is 10.4. The fraction of sp³-hybridized carbons (Fsp3) is 0.500. The molecule has 1 aromatic carbocycles. The third-order valence-electron chi connectivity index (χ3n) is 3.24. The van der Waals surface area contributed by atoms with E-state index in [-0.39, 0.29) is 17.4 Å². The van der Waals surface area contributed by atoms with Crippen LogP contribution in [-0.4, -0.2) is 38.8 Å². The molecule has 5 nitrogen and oxygen atoms in total. The summed E-state index contributed by atoms with van der Waals surface area (Å²) in [6, 6.07) is 9.56. The maximum absolute atomic E-state index is 12.0. The number of rotatable bonds is 3. The van der Waals surface area contributed by atoms with Gasteiger partial charge in [-0.15, -0.1) is 0 Å². The molecular formula is C16H22N2O3S. The molecule has 0 saturated carbocycles. The number of carbonyl (C=O) groups excluding carboxylic acids is 1. The van der Waals surface area contributed by atoms with E-state index in [0.29, 0.717) is 19.5 Å². The summed E-state index contributed by atoms with van der Waals surface area (Å²) in [6.45, 7) is 6.87. The van der Waals surface area contributed by atoms with Crippen LogP contribution < -0.4 is 0 Å². The molecule has 1 aliphatic heterocycles. The predicted octanol–water partition coefficient (Wildman–Crippen LogP) is 2.93. The smallest absolute Gasteiger partial charge is 0.410 e. The van der Waals surface area contributed by atoms with Crippen LogP contribution in [0.25, 0.3) is 0 Å². The Morgan fingerprint density at radius 3 is 2.64 bits per heavy atom. The lowest BCUT2D eigenvalue weighted by Gasteiger charge is -2.15. The molecule has 1 atom stereocenters. The van der Waals surface area contributed by atoms with Gasteiger partial charge in [-0.3, -0.25) is 0 Å². The minimum Gasteiger partial charge on any atom is -0.445 e. The predicted molar refractivity (Wildman–Crippen MR) is 88.1 cm³/mol. The van der Waals surface area contributed by atoms with Gasteiger partial charge in [-0.2, -0.15) is 4.40 Å². The topological polar surface area (TPSA) is 59.0 Å². The average molecular weight is 322 g/mol. The van der Waals surface area contributed by atoms with Gasteiger partial charge >= 0.3 is 6.09 Å². The Labute approximate surface area is 134 Å². The van der Waals surface area contributed by atoms with Gasteiger partial charge in [0.1, 0.15) is 17.6 Å². The molecule has 0 N–H and O–H groups in total. The molecule has 1 amide bonds. The molecule has 0 spiro atoms. The molecule has 1 fully saturated rings. The van der Waals surface area contributed by atoms with Gasteiger partial charge in [0.05, 0.1) is 17.0 Å². The lowest BCUT2D eigenvalue weighted by Crippen LogP contribution is -2.29. The monoisotopic (exact) mass is 322 g/mol. The molecule has 22 heavy (non-hydrogen) atoms. The Hall–Kier alpha value is -1.69. The van der Waals surface area contributed by atoms with Crippen molar-refractivity contribution < 1.29 is 13.7 Å². The summed E-state index contributed by atoms with van der Waals surface area (Å²) in [7, 11) is -1.28. The van der Waals surface area contributed by atoms with Gasteiger partial charge in [0, 0.05) is 13.0 Å². The highest BCUT2D eigenvalue weighted by atomic mass is 32.2. The highest BCUT2D eigenvalue weighted by Gasteiger charge is 2.26. The maximum Gasteiger partial charge on any atom is 0.410 e. The second kappa shape index (κ2) is 7.05. The molecule has 0 aliphatic carbocycles. The quantitative estimate of drug-likeness (QED) is 0.859. The van der Waals surface area contributed by atoms with Crippen LogP contribution in [0.2, 0.25) is 0 Å². The van der Waals surface area contributed by atoms with Crippen molar-refractivity contribution in [1.29, 1.82) is 0 Å². The van der Waals surface area contributed by atoms with Crippen molar-refractivity contribution >= 4 is 22.8 Å². The molecule has 1 unspecified atom stereocenters. The molecule has 1 saturated heterocycles. The van der Waals surface area contributed by atoms with Crippen LogP contribution in [0.1, 0.15) is 32.8 Å². The summed E-state index contributed by atoms with van der Waals surface area (Å²) in [6.07, 6.45) is 0.304. The zero-order valence-electron chi connectivity index (χ0n) is 13.2. The zero-order valence-corrected chi connectivity index (χ0v) is 14.1.